The summed E-state index contributed by atoms with van der Waals surface area (Å²) in [5.41, 5.74) is 8.17. The van der Waals surface area contributed by atoms with E-state index in [4.69, 9.17) is 17.3 Å². The van der Waals surface area contributed by atoms with E-state index in [1.165, 1.54) is 11.8 Å². The van der Waals surface area contributed by atoms with E-state index in [0.29, 0.717) is 27.8 Å². The van der Waals surface area contributed by atoms with Crippen LogP contribution in [0.25, 0.3) is 11.3 Å². The van der Waals surface area contributed by atoms with Gasteiger partial charge in [0.1, 0.15) is 5.82 Å². The molecule has 4 N–H and O–H groups in total. The van der Waals surface area contributed by atoms with Crippen molar-refractivity contribution in [3.05, 3.63) is 78.1 Å². The van der Waals surface area contributed by atoms with E-state index in [0.717, 1.165) is 42.3 Å². The summed E-state index contributed by atoms with van der Waals surface area (Å²) in [5, 5.41) is 11.6. The number of aromatic nitrogens is 2. The van der Waals surface area contributed by atoms with Gasteiger partial charge in [0.05, 0.1) is 5.69 Å². The lowest BCUT2D eigenvalue weighted by Gasteiger charge is -2.32. The van der Waals surface area contributed by atoms with Crippen LogP contribution in [0.15, 0.2) is 87.9 Å². The largest absolute Gasteiger partial charge is 0.369 e. The molecule has 1 aromatic heterocycles. The number of thioether (sulfide) groups is 1. The summed E-state index contributed by atoms with van der Waals surface area (Å²) in [7, 11) is 2.10. The summed E-state index contributed by atoms with van der Waals surface area (Å²) in [6.07, 6.45) is 0. The number of nitrogens with zero attached hydrogens (tertiary/aromatic N) is 5. The first-order chi connectivity index (χ1) is 16.5. The van der Waals surface area contributed by atoms with Crippen LogP contribution in [0.4, 0.5) is 5.82 Å². The van der Waals surface area contributed by atoms with Gasteiger partial charge in [0, 0.05) is 42.2 Å². The molecular weight excluding hydrogens is 468 g/mol. The fourth-order valence-electron chi connectivity index (χ4n) is 3.32. The fourth-order valence-corrected chi connectivity index (χ4v) is 4.25. The average molecular weight is 495 g/mol. The van der Waals surface area contributed by atoms with Crippen molar-refractivity contribution >= 4 is 40.3 Å². The van der Waals surface area contributed by atoms with Gasteiger partial charge < -0.3 is 20.9 Å². The van der Waals surface area contributed by atoms with Gasteiger partial charge in [0.25, 0.3) is 0 Å². The molecule has 1 aliphatic rings. The minimum atomic E-state index is 0.405. The highest BCUT2D eigenvalue weighted by atomic mass is 35.5. The van der Waals surface area contributed by atoms with Gasteiger partial charge in [-0.3, -0.25) is 5.10 Å². The molecule has 0 atom stereocenters. The number of halogens is 1. The molecule has 0 aliphatic carbocycles. The molecule has 2 aromatic carbocycles. The number of aliphatic imine (C=N–C) groups is 2. The lowest BCUT2D eigenvalue weighted by Crippen LogP contribution is -2.50. The van der Waals surface area contributed by atoms with Gasteiger partial charge in [-0.05, 0) is 48.6 Å². The predicted molar refractivity (Wildman–Crippen MR) is 142 cm³/mol. The summed E-state index contributed by atoms with van der Waals surface area (Å²) < 4.78 is 0. The fraction of sp³-hybridized carbons (Fsp3) is 0.208. The Balaban J connectivity index is 1.50. The van der Waals surface area contributed by atoms with Gasteiger partial charge in [0.15, 0.2) is 16.9 Å². The quantitative estimate of drug-likeness (QED) is 0.277. The van der Waals surface area contributed by atoms with Gasteiger partial charge in [-0.1, -0.05) is 48.5 Å². The first-order valence-electron chi connectivity index (χ1n) is 10.8. The number of amidine groups is 1. The van der Waals surface area contributed by atoms with Gasteiger partial charge in [-0.2, -0.15) is 10.1 Å². The first-order valence-corrected chi connectivity index (χ1v) is 12.0. The monoisotopic (exact) mass is 494 g/mol. The van der Waals surface area contributed by atoms with Crippen LogP contribution in [0.1, 0.15) is 0 Å². The highest BCUT2D eigenvalue weighted by molar-refractivity contribution is 8.14. The summed E-state index contributed by atoms with van der Waals surface area (Å²) >= 11 is 7.41. The lowest BCUT2D eigenvalue weighted by molar-refractivity contribution is 0.214. The van der Waals surface area contributed by atoms with E-state index in [9.17, 15) is 0 Å². The van der Waals surface area contributed by atoms with Crippen LogP contribution < -0.4 is 11.1 Å². The van der Waals surface area contributed by atoms with E-state index in [1.807, 2.05) is 60.7 Å². The van der Waals surface area contributed by atoms with Crippen molar-refractivity contribution in [1.82, 2.24) is 20.0 Å². The summed E-state index contributed by atoms with van der Waals surface area (Å²) in [6, 6.07) is 19.3. The van der Waals surface area contributed by atoms with Crippen LogP contribution in [0.3, 0.4) is 0 Å². The molecule has 0 spiro atoms. The molecular formula is C24H27ClN8S. The van der Waals surface area contributed by atoms with Crippen molar-refractivity contribution in [1.29, 1.82) is 0 Å². The summed E-state index contributed by atoms with van der Waals surface area (Å²) in [6.45, 7) is 7.58. The van der Waals surface area contributed by atoms with Crippen molar-refractivity contribution in [2.24, 2.45) is 15.7 Å². The highest BCUT2D eigenvalue weighted by Crippen LogP contribution is 2.24. The number of nitrogens with two attached hydrogens (primary N) is 1. The van der Waals surface area contributed by atoms with Crippen LogP contribution >= 0.6 is 23.4 Å². The number of hydrogen-bond donors (Lipinski definition) is 3. The zero-order valence-electron chi connectivity index (χ0n) is 18.9. The SMILES string of the molecule is C=C(N=C(N=C(N)N1CCN(C)CC1)Sc1ccccc1)Nc1cc(-c2ccc(Cl)cc2)[nH]n1. The Labute approximate surface area is 208 Å². The smallest absolute Gasteiger partial charge is 0.198 e. The molecule has 1 saturated heterocycles. The van der Waals surface area contributed by atoms with Crippen molar-refractivity contribution in [3.8, 4) is 11.3 Å². The Hall–Kier alpha value is -3.27. The topological polar surface area (TPSA) is 97.9 Å². The van der Waals surface area contributed by atoms with E-state index in [1.54, 1.807) is 0 Å². The summed E-state index contributed by atoms with van der Waals surface area (Å²) in [5.74, 6) is 1.45. The molecule has 4 rings (SSSR count). The number of hydrogen-bond acceptors (Lipinski definition) is 5. The second-order valence-electron chi connectivity index (χ2n) is 7.82. The number of guanidine groups is 1. The van der Waals surface area contributed by atoms with Crippen molar-refractivity contribution in [3.63, 3.8) is 0 Å². The number of benzene rings is 2. The molecule has 0 radical (unpaired) electrons. The third kappa shape index (κ3) is 6.63. The molecule has 1 aliphatic heterocycles. The van der Waals surface area contributed by atoms with E-state index in [2.05, 4.69) is 48.9 Å². The number of H-pyrrole nitrogens is 1. The minimum absolute atomic E-state index is 0.405. The van der Waals surface area contributed by atoms with E-state index in [-0.39, 0.29) is 0 Å². The molecule has 3 aromatic rings. The Morgan fingerprint density at radius 2 is 1.79 bits per heavy atom. The normalized spacial score (nSPS) is 15.4. The first kappa shape index (κ1) is 23.9. The number of rotatable bonds is 5. The average Bonchev–Trinajstić information content (AvgIpc) is 3.28. The third-order valence-electron chi connectivity index (χ3n) is 5.23. The highest BCUT2D eigenvalue weighted by Gasteiger charge is 2.16. The van der Waals surface area contributed by atoms with Crippen LogP contribution in [0, 0.1) is 0 Å². The molecule has 10 heteroatoms. The molecule has 0 bridgehead atoms. The maximum atomic E-state index is 6.34. The van der Waals surface area contributed by atoms with Crippen molar-refractivity contribution in [2.45, 2.75) is 4.90 Å². The van der Waals surface area contributed by atoms with Crippen LogP contribution in [-0.4, -0.2) is 64.4 Å². The molecule has 2 heterocycles. The molecule has 34 heavy (non-hydrogen) atoms. The van der Waals surface area contributed by atoms with Gasteiger partial charge in [0.2, 0.25) is 0 Å². The number of nitrogens with one attached hydrogen (secondary N) is 2. The Morgan fingerprint density at radius 1 is 1.09 bits per heavy atom. The van der Waals surface area contributed by atoms with Gasteiger partial charge >= 0.3 is 0 Å². The van der Waals surface area contributed by atoms with Crippen LogP contribution in [-0.2, 0) is 0 Å². The maximum absolute atomic E-state index is 6.34. The molecule has 1 fully saturated rings. The second-order valence-corrected chi connectivity index (χ2v) is 9.29. The van der Waals surface area contributed by atoms with Crippen molar-refractivity contribution in [2.75, 3.05) is 38.5 Å². The second kappa shape index (κ2) is 11.2. The standard InChI is InChI=1S/C24H27ClN8S/c1-17(27-22-16-21(30-31-22)18-8-10-19(25)11-9-18)28-24(34-20-6-4-3-5-7-20)29-23(26)33-14-12-32(2)13-15-33/h3-11,16H,1,12-15H2,2H3,(H2,26,28,29)(H2,27,30,31). The zero-order valence-corrected chi connectivity index (χ0v) is 20.5. The van der Waals surface area contributed by atoms with Crippen LogP contribution in [0.5, 0.6) is 0 Å². The van der Waals surface area contributed by atoms with Gasteiger partial charge in [-0.15, -0.1) is 0 Å². The third-order valence-corrected chi connectivity index (χ3v) is 6.35. The summed E-state index contributed by atoms with van der Waals surface area (Å²) in [4.78, 5) is 14.6. The molecule has 0 unspecified atom stereocenters. The zero-order chi connectivity index (χ0) is 23.9. The minimum Gasteiger partial charge on any atom is -0.369 e. The predicted octanol–water partition coefficient (Wildman–Crippen LogP) is 4.32. The van der Waals surface area contributed by atoms with Crippen molar-refractivity contribution < 1.29 is 0 Å². The van der Waals surface area contributed by atoms with E-state index < -0.39 is 0 Å². The lowest BCUT2D eigenvalue weighted by atomic mass is 10.1. The Kier molecular flexibility index (Phi) is 7.89. The number of piperazine rings is 1. The van der Waals surface area contributed by atoms with Gasteiger partial charge in [-0.25, -0.2) is 4.99 Å². The Bertz CT molecular complexity index is 1170. The molecule has 176 valence electrons. The number of anilines is 1. The van der Waals surface area contributed by atoms with Crippen LogP contribution in [0.2, 0.25) is 5.02 Å². The molecule has 0 amide bonds. The number of likely N-dealkylation sites (N-methyl/N-ethyl adjacent to an activating group) is 1. The number of aromatic amines is 1. The maximum Gasteiger partial charge on any atom is 0.198 e. The molecule has 0 saturated carbocycles. The molecule has 8 nitrogen and oxygen atoms in total. The van der Waals surface area contributed by atoms with E-state index >= 15 is 0 Å². The Morgan fingerprint density at radius 3 is 2.50 bits per heavy atom.